The second-order valence-electron chi connectivity index (χ2n) is 7.83. The van der Waals surface area contributed by atoms with E-state index in [1.54, 1.807) is 55.6 Å². The van der Waals surface area contributed by atoms with Gasteiger partial charge in [-0.05, 0) is 54.4 Å². The third-order valence-corrected chi connectivity index (χ3v) is 5.12. The van der Waals surface area contributed by atoms with Crippen LogP contribution in [-0.2, 0) is 16.1 Å². The van der Waals surface area contributed by atoms with Gasteiger partial charge in [-0.3, -0.25) is 14.4 Å². The summed E-state index contributed by atoms with van der Waals surface area (Å²) in [5.41, 5.74) is 3.27. The van der Waals surface area contributed by atoms with Crippen LogP contribution in [0.2, 0.25) is 0 Å². The molecule has 0 aliphatic carbocycles. The van der Waals surface area contributed by atoms with E-state index in [-0.39, 0.29) is 24.3 Å². The zero-order valence-electron chi connectivity index (χ0n) is 19.7. The summed E-state index contributed by atoms with van der Waals surface area (Å²) in [4.78, 5) is 36.9. The molecule has 0 bridgehead atoms. The van der Waals surface area contributed by atoms with Crippen molar-refractivity contribution in [3.63, 3.8) is 0 Å². The molecule has 3 amide bonds. The van der Waals surface area contributed by atoms with E-state index in [9.17, 15) is 14.4 Å². The van der Waals surface area contributed by atoms with E-state index in [0.717, 1.165) is 12.0 Å². The maximum atomic E-state index is 12.4. The van der Waals surface area contributed by atoms with Crippen LogP contribution >= 0.6 is 0 Å². The molecule has 8 heteroatoms. The van der Waals surface area contributed by atoms with E-state index in [1.807, 2.05) is 30.3 Å². The summed E-state index contributed by atoms with van der Waals surface area (Å²) in [6, 6.07) is 23.4. The van der Waals surface area contributed by atoms with Crippen LogP contribution in [0.4, 0.5) is 11.4 Å². The topological polar surface area (TPSA) is 109 Å². The summed E-state index contributed by atoms with van der Waals surface area (Å²) in [6.45, 7) is 1.58. The Balaban J connectivity index is 1.44. The van der Waals surface area contributed by atoms with Crippen LogP contribution in [0.5, 0.6) is 0 Å². The quantitative estimate of drug-likeness (QED) is 0.301. The fraction of sp³-hybridized carbons (Fsp3) is 0.222. The van der Waals surface area contributed by atoms with Gasteiger partial charge in [0.05, 0.1) is 6.54 Å². The molecule has 0 aliphatic heterocycles. The largest absolute Gasteiger partial charge is 0.385 e. The predicted octanol–water partition coefficient (Wildman–Crippen LogP) is 3.43. The van der Waals surface area contributed by atoms with Gasteiger partial charge in [-0.25, -0.2) is 0 Å². The molecule has 0 radical (unpaired) electrons. The van der Waals surface area contributed by atoms with E-state index < -0.39 is 0 Å². The minimum atomic E-state index is -0.257. The Morgan fingerprint density at radius 3 is 2.26 bits per heavy atom. The average molecular weight is 475 g/mol. The number of ether oxygens (including phenoxy) is 1. The highest BCUT2D eigenvalue weighted by Gasteiger charge is 2.09. The van der Waals surface area contributed by atoms with Crippen molar-refractivity contribution in [3.8, 4) is 0 Å². The third kappa shape index (κ3) is 8.60. The molecular formula is C27H30N4O4. The number of hydrogen-bond acceptors (Lipinski definition) is 5. The molecule has 3 aromatic rings. The van der Waals surface area contributed by atoms with Gasteiger partial charge in [0.15, 0.2) is 0 Å². The van der Waals surface area contributed by atoms with Gasteiger partial charge in [-0.2, -0.15) is 0 Å². The molecule has 0 saturated carbocycles. The van der Waals surface area contributed by atoms with Gasteiger partial charge in [-0.15, -0.1) is 0 Å². The molecule has 0 fully saturated rings. The number of anilines is 2. The lowest BCUT2D eigenvalue weighted by molar-refractivity contribution is -0.114. The monoisotopic (exact) mass is 474 g/mol. The summed E-state index contributed by atoms with van der Waals surface area (Å²) in [5.74, 6) is -0.628. The summed E-state index contributed by atoms with van der Waals surface area (Å²) in [7, 11) is 1.62. The summed E-state index contributed by atoms with van der Waals surface area (Å²) in [6.07, 6.45) is 0.726. The van der Waals surface area contributed by atoms with Crippen molar-refractivity contribution in [2.24, 2.45) is 0 Å². The highest BCUT2D eigenvalue weighted by atomic mass is 16.5. The van der Waals surface area contributed by atoms with Gasteiger partial charge in [0.1, 0.15) is 0 Å². The molecule has 0 spiro atoms. The van der Waals surface area contributed by atoms with Crippen molar-refractivity contribution in [1.82, 2.24) is 10.6 Å². The zero-order chi connectivity index (χ0) is 24.9. The lowest BCUT2D eigenvalue weighted by Gasteiger charge is -2.10. The number of methoxy groups -OCH3 is 1. The smallest absolute Gasteiger partial charge is 0.251 e. The SMILES string of the molecule is COCCCNC(=O)c1cccc(NC(=O)CNc2ccc(C(=O)NCc3ccccc3)cc2)c1. The van der Waals surface area contributed by atoms with Gasteiger partial charge < -0.3 is 26.0 Å². The fourth-order valence-corrected chi connectivity index (χ4v) is 3.27. The van der Waals surface area contributed by atoms with Crippen molar-refractivity contribution in [1.29, 1.82) is 0 Å². The van der Waals surface area contributed by atoms with E-state index in [1.165, 1.54) is 0 Å². The number of hydrogen-bond donors (Lipinski definition) is 4. The van der Waals surface area contributed by atoms with E-state index in [4.69, 9.17) is 4.74 Å². The van der Waals surface area contributed by atoms with E-state index in [2.05, 4.69) is 21.3 Å². The van der Waals surface area contributed by atoms with Crippen LogP contribution in [-0.4, -0.2) is 44.5 Å². The average Bonchev–Trinajstić information content (AvgIpc) is 2.89. The maximum absolute atomic E-state index is 12.4. The Morgan fingerprint density at radius 1 is 0.771 bits per heavy atom. The molecule has 4 N–H and O–H groups in total. The minimum Gasteiger partial charge on any atom is -0.385 e. The normalized spacial score (nSPS) is 10.3. The van der Waals surface area contributed by atoms with Crippen molar-refractivity contribution in [2.45, 2.75) is 13.0 Å². The van der Waals surface area contributed by atoms with Crippen LogP contribution in [0.25, 0.3) is 0 Å². The second-order valence-corrected chi connectivity index (χ2v) is 7.83. The van der Waals surface area contributed by atoms with Gasteiger partial charge in [0.25, 0.3) is 11.8 Å². The first-order chi connectivity index (χ1) is 17.0. The molecule has 3 aromatic carbocycles. The molecular weight excluding hydrogens is 444 g/mol. The number of nitrogens with one attached hydrogen (secondary N) is 4. The highest BCUT2D eigenvalue weighted by molar-refractivity contribution is 5.98. The van der Waals surface area contributed by atoms with Gasteiger partial charge in [-0.1, -0.05) is 36.4 Å². The first-order valence-corrected chi connectivity index (χ1v) is 11.4. The van der Waals surface area contributed by atoms with E-state index in [0.29, 0.717) is 42.2 Å². The van der Waals surface area contributed by atoms with Crippen LogP contribution in [0, 0.1) is 0 Å². The number of amides is 3. The standard InChI is InChI=1S/C27H30N4O4/c1-35-16-6-15-28-27(34)22-9-5-10-24(17-22)31-25(32)19-29-23-13-11-21(12-14-23)26(33)30-18-20-7-3-2-4-8-20/h2-5,7-14,17,29H,6,15-16,18-19H2,1H3,(H,28,34)(H,30,33)(H,31,32). The molecule has 0 aromatic heterocycles. The Kier molecular flexibility index (Phi) is 9.83. The zero-order valence-corrected chi connectivity index (χ0v) is 19.7. The van der Waals surface area contributed by atoms with Gasteiger partial charge in [0.2, 0.25) is 5.91 Å². The van der Waals surface area contributed by atoms with Crippen molar-refractivity contribution in [3.05, 3.63) is 95.6 Å². The Labute approximate surface area is 205 Å². The Hall–Kier alpha value is -4.17. The Bertz CT molecular complexity index is 1120. The first-order valence-electron chi connectivity index (χ1n) is 11.4. The molecule has 0 heterocycles. The van der Waals surface area contributed by atoms with Gasteiger partial charge >= 0.3 is 0 Å². The lowest BCUT2D eigenvalue weighted by Crippen LogP contribution is -2.25. The summed E-state index contributed by atoms with van der Waals surface area (Å²) < 4.78 is 4.97. The predicted molar refractivity (Wildman–Crippen MR) is 136 cm³/mol. The number of carbonyl (C=O) groups is 3. The first kappa shape index (κ1) is 25.5. The van der Waals surface area contributed by atoms with Crippen molar-refractivity contribution >= 4 is 29.1 Å². The van der Waals surface area contributed by atoms with Gasteiger partial charge in [0, 0.05) is 49.3 Å². The summed E-state index contributed by atoms with van der Waals surface area (Å²) >= 11 is 0. The summed E-state index contributed by atoms with van der Waals surface area (Å²) in [5, 5.41) is 11.5. The van der Waals surface area contributed by atoms with Crippen LogP contribution < -0.4 is 21.3 Å². The molecule has 0 atom stereocenters. The number of rotatable bonds is 12. The Morgan fingerprint density at radius 2 is 1.51 bits per heavy atom. The van der Waals surface area contributed by atoms with E-state index >= 15 is 0 Å². The molecule has 0 aliphatic rings. The molecule has 8 nitrogen and oxygen atoms in total. The lowest BCUT2D eigenvalue weighted by atomic mass is 10.1. The highest BCUT2D eigenvalue weighted by Crippen LogP contribution is 2.12. The second kappa shape index (κ2) is 13.5. The van der Waals surface area contributed by atoms with Crippen LogP contribution in [0.1, 0.15) is 32.7 Å². The molecule has 0 saturated heterocycles. The van der Waals surface area contributed by atoms with Crippen LogP contribution in [0.15, 0.2) is 78.9 Å². The molecule has 182 valence electrons. The van der Waals surface area contributed by atoms with Crippen molar-refractivity contribution < 1.29 is 19.1 Å². The maximum Gasteiger partial charge on any atom is 0.251 e. The minimum absolute atomic E-state index is 0.0347. The van der Waals surface area contributed by atoms with Crippen LogP contribution in [0.3, 0.4) is 0 Å². The molecule has 0 unspecified atom stereocenters. The number of carbonyl (C=O) groups excluding carboxylic acids is 3. The number of benzene rings is 3. The third-order valence-electron chi connectivity index (χ3n) is 5.12. The molecule has 35 heavy (non-hydrogen) atoms. The molecule has 3 rings (SSSR count). The van der Waals surface area contributed by atoms with Crippen molar-refractivity contribution in [2.75, 3.05) is 37.4 Å². The fourth-order valence-electron chi connectivity index (χ4n) is 3.27.